The monoisotopic (exact) mass is 430 g/mol. The van der Waals surface area contributed by atoms with Crippen LogP contribution in [0.5, 0.6) is 0 Å². The van der Waals surface area contributed by atoms with Gasteiger partial charge in [-0.2, -0.15) is 0 Å². The molecule has 29 heavy (non-hydrogen) atoms. The predicted molar refractivity (Wildman–Crippen MR) is 99.5 cm³/mol. The Morgan fingerprint density at radius 1 is 1.21 bits per heavy atom. The second-order valence-corrected chi connectivity index (χ2v) is 7.68. The largest absolute Gasteiger partial charge is 0.473 e. The van der Waals surface area contributed by atoms with Gasteiger partial charge in [0.05, 0.1) is 0 Å². The summed E-state index contributed by atoms with van der Waals surface area (Å²) in [5.74, 6) is -5.13. The molecule has 1 aliphatic heterocycles. The van der Waals surface area contributed by atoms with E-state index in [-0.39, 0.29) is 25.4 Å². The van der Waals surface area contributed by atoms with Crippen LogP contribution in [-0.2, 0) is 38.2 Å². The average Bonchev–Trinajstić information content (AvgIpc) is 2.65. The second kappa shape index (κ2) is 11.2. The molecule has 0 radical (unpaired) electrons. The molecule has 160 valence electrons. The third kappa shape index (κ3) is 8.77. The van der Waals surface area contributed by atoms with Crippen LogP contribution < -0.4 is 10.6 Å². The minimum absolute atomic E-state index is 0.0440. The fourth-order valence-corrected chi connectivity index (χ4v) is 2.69. The Morgan fingerprint density at radius 2 is 1.90 bits per heavy atom. The molecule has 2 amide bonds. The first-order chi connectivity index (χ1) is 13.5. The van der Waals surface area contributed by atoms with Crippen molar-refractivity contribution >= 4 is 46.6 Å². The van der Waals surface area contributed by atoms with Gasteiger partial charge in [-0.3, -0.25) is 14.4 Å². The maximum atomic E-state index is 12.5. The van der Waals surface area contributed by atoms with Crippen molar-refractivity contribution in [2.75, 3.05) is 25.4 Å². The minimum Gasteiger partial charge on any atom is -0.473 e. The molecule has 0 spiro atoms. The predicted octanol–water partition coefficient (Wildman–Crippen LogP) is -0.996. The number of amides is 2. The summed E-state index contributed by atoms with van der Waals surface area (Å²) >= 11 is 0.889. The molecule has 0 aliphatic carbocycles. The van der Waals surface area contributed by atoms with Crippen LogP contribution in [0, 0.1) is 5.41 Å². The lowest BCUT2D eigenvalue weighted by Crippen LogP contribution is -2.49. The zero-order valence-corrected chi connectivity index (χ0v) is 16.7. The molecule has 0 aromatic carbocycles. The van der Waals surface area contributed by atoms with Crippen LogP contribution in [0.2, 0.25) is 0 Å². The topological polar surface area (TPSA) is 165 Å². The van der Waals surface area contributed by atoms with Gasteiger partial charge >= 0.3 is 17.9 Å². The summed E-state index contributed by atoms with van der Waals surface area (Å²) in [5, 5.41) is 13.2. The fourth-order valence-electron chi connectivity index (χ4n) is 2.12. The van der Waals surface area contributed by atoms with E-state index >= 15 is 0 Å². The number of hydrogen-bond donors (Lipinski definition) is 3. The summed E-state index contributed by atoms with van der Waals surface area (Å²) in [4.78, 5) is 69.7. The number of thioether (sulfide) groups is 1. The van der Waals surface area contributed by atoms with E-state index in [2.05, 4.69) is 15.4 Å². The van der Waals surface area contributed by atoms with E-state index in [1.165, 1.54) is 13.8 Å². The second-order valence-electron chi connectivity index (χ2n) is 6.58. The van der Waals surface area contributed by atoms with Crippen molar-refractivity contribution in [1.29, 1.82) is 0 Å². The lowest BCUT2D eigenvalue weighted by atomic mass is 9.86. The van der Waals surface area contributed by atoms with Crippen LogP contribution in [0.25, 0.3) is 0 Å². The standard InChI is InChI=1S/C17H22N2O9S/c1-17(2,9-27-16(26)15(24)25)13-14(23)19-6-5-10(20)18-7-8-29-12(22)4-3-11(21)28-13/h3-4,13H,5-9H2,1-2H3,(H,18,20)(H,19,23)(H,24,25)/b4-3+/t13-/m0/s1. The van der Waals surface area contributed by atoms with E-state index in [4.69, 9.17) is 9.84 Å². The lowest BCUT2D eigenvalue weighted by Gasteiger charge is -2.31. The molecule has 0 aromatic rings. The van der Waals surface area contributed by atoms with Gasteiger partial charge in [-0.25, -0.2) is 14.4 Å². The smallest absolute Gasteiger partial charge is 0.417 e. The summed E-state index contributed by atoms with van der Waals surface area (Å²) in [6.45, 7) is 2.50. The van der Waals surface area contributed by atoms with Gasteiger partial charge in [0.25, 0.3) is 5.91 Å². The highest BCUT2D eigenvalue weighted by Gasteiger charge is 2.40. The molecule has 1 atom stereocenters. The molecule has 0 fully saturated rings. The highest BCUT2D eigenvalue weighted by molar-refractivity contribution is 8.14. The molecule has 1 rings (SSSR count). The summed E-state index contributed by atoms with van der Waals surface area (Å²) < 4.78 is 9.75. The third-order valence-electron chi connectivity index (χ3n) is 3.61. The number of carbonyl (C=O) groups is 6. The normalized spacial score (nSPS) is 21.0. The Kier molecular flexibility index (Phi) is 9.32. The van der Waals surface area contributed by atoms with Gasteiger partial charge in [0, 0.05) is 36.8 Å². The van der Waals surface area contributed by atoms with Crippen LogP contribution in [0.4, 0.5) is 0 Å². The zero-order valence-electron chi connectivity index (χ0n) is 15.9. The van der Waals surface area contributed by atoms with Crippen molar-refractivity contribution in [3.05, 3.63) is 12.2 Å². The van der Waals surface area contributed by atoms with Gasteiger partial charge in [-0.15, -0.1) is 0 Å². The van der Waals surface area contributed by atoms with E-state index in [9.17, 15) is 28.8 Å². The highest BCUT2D eigenvalue weighted by Crippen LogP contribution is 2.25. The average molecular weight is 430 g/mol. The first kappa shape index (κ1) is 24.1. The van der Waals surface area contributed by atoms with Crippen molar-refractivity contribution in [2.24, 2.45) is 5.41 Å². The SMILES string of the molecule is CC(C)(COC(=O)C(=O)O)[C@H]1OC(=O)/C=C/C(=O)SCCNC(=O)CCNC1=O. The molecule has 0 saturated heterocycles. The summed E-state index contributed by atoms with van der Waals surface area (Å²) in [7, 11) is 0. The summed E-state index contributed by atoms with van der Waals surface area (Å²) in [5.41, 5.74) is -1.31. The van der Waals surface area contributed by atoms with Crippen molar-refractivity contribution < 1.29 is 43.3 Å². The van der Waals surface area contributed by atoms with Gasteiger partial charge in [0.1, 0.15) is 6.61 Å². The van der Waals surface area contributed by atoms with E-state index in [1.807, 2.05) is 0 Å². The number of carboxylic acids is 1. The van der Waals surface area contributed by atoms with Gasteiger partial charge < -0.3 is 25.2 Å². The highest BCUT2D eigenvalue weighted by atomic mass is 32.2. The fraction of sp³-hybridized carbons (Fsp3) is 0.529. The quantitative estimate of drug-likeness (QED) is 0.374. The van der Waals surface area contributed by atoms with Crippen LogP contribution in [0.1, 0.15) is 20.3 Å². The number of nitrogens with one attached hydrogen (secondary N) is 2. The Labute approximate surface area is 170 Å². The van der Waals surface area contributed by atoms with Crippen LogP contribution >= 0.6 is 11.8 Å². The number of cyclic esters (lactones) is 1. The van der Waals surface area contributed by atoms with Crippen molar-refractivity contribution in [2.45, 2.75) is 26.4 Å². The van der Waals surface area contributed by atoms with Crippen molar-refractivity contribution in [1.82, 2.24) is 10.6 Å². The molecular formula is C17H22N2O9S. The Morgan fingerprint density at radius 3 is 2.55 bits per heavy atom. The van der Waals surface area contributed by atoms with Crippen molar-refractivity contribution in [3.8, 4) is 0 Å². The first-order valence-electron chi connectivity index (χ1n) is 8.53. The van der Waals surface area contributed by atoms with Crippen molar-refractivity contribution in [3.63, 3.8) is 0 Å². The van der Waals surface area contributed by atoms with Crippen LogP contribution in [0.3, 0.4) is 0 Å². The molecule has 0 unspecified atom stereocenters. The summed E-state index contributed by atoms with van der Waals surface area (Å²) in [6, 6.07) is 0. The molecule has 0 aromatic heterocycles. The number of carbonyl (C=O) groups excluding carboxylic acids is 5. The number of carboxylic acid groups (broad SMARTS) is 1. The molecule has 11 nitrogen and oxygen atoms in total. The number of esters is 2. The maximum Gasteiger partial charge on any atom is 0.417 e. The molecule has 0 saturated carbocycles. The lowest BCUT2D eigenvalue weighted by molar-refractivity contribution is -0.171. The van der Waals surface area contributed by atoms with Gasteiger partial charge in [0.15, 0.2) is 6.10 Å². The molecule has 1 aliphatic rings. The Hall–Kier alpha value is -2.89. The molecule has 3 N–H and O–H groups in total. The van der Waals surface area contributed by atoms with Crippen LogP contribution in [0.15, 0.2) is 12.2 Å². The van der Waals surface area contributed by atoms with Gasteiger partial charge in [-0.1, -0.05) is 25.6 Å². The van der Waals surface area contributed by atoms with E-state index in [0.29, 0.717) is 5.75 Å². The molecule has 12 heteroatoms. The van der Waals surface area contributed by atoms with E-state index < -0.39 is 47.1 Å². The summed E-state index contributed by atoms with van der Waals surface area (Å²) in [6.07, 6.45) is 0.295. The first-order valence-corrected chi connectivity index (χ1v) is 9.51. The minimum atomic E-state index is -1.81. The zero-order chi connectivity index (χ0) is 22.0. The Bertz CT molecular complexity index is 718. The number of rotatable bonds is 3. The van der Waals surface area contributed by atoms with E-state index in [1.54, 1.807) is 0 Å². The van der Waals surface area contributed by atoms with Crippen LogP contribution in [-0.4, -0.2) is 71.5 Å². The van der Waals surface area contributed by atoms with E-state index in [0.717, 1.165) is 23.9 Å². The maximum absolute atomic E-state index is 12.5. The Balaban J connectivity index is 2.99. The van der Waals surface area contributed by atoms with Gasteiger partial charge in [-0.05, 0) is 6.08 Å². The molecule has 1 heterocycles. The number of ether oxygens (including phenoxy) is 2. The molecular weight excluding hydrogens is 408 g/mol. The molecule has 0 bridgehead atoms. The third-order valence-corrected chi connectivity index (χ3v) is 4.44. The number of aliphatic carboxylic acids is 1. The van der Waals surface area contributed by atoms with Gasteiger partial charge in [0.2, 0.25) is 11.0 Å². The number of hydrogen-bond acceptors (Lipinski definition) is 9.